The van der Waals surface area contributed by atoms with Gasteiger partial charge in [-0.15, -0.1) is 18.3 Å². The van der Waals surface area contributed by atoms with E-state index in [0.717, 1.165) is 12.8 Å². The maximum atomic E-state index is 13.7. The number of thioether (sulfide) groups is 1. The van der Waals surface area contributed by atoms with E-state index in [9.17, 15) is 24.6 Å². The van der Waals surface area contributed by atoms with Crippen molar-refractivity contribution in [1.29, 1.82) is 0 Å². The summed E-state index contributed by atoms with van der Waals surface area (Å²) in [5, 5.41) is 19.1. The molecule has 0 aromatic carbocycles. The standard InChI is InChI=1S/C20H30N2O5S/c1-4-6-12(3)21(9-5-2)18(25)16-20-8-7-13(28-20)14(19(26)27)15(20)17(24)22(16)10-11-23/h5,12-16,23H,2,4,6-11H2,1,3H3,(H,26,27)/t12?,13-,14+,15+,16?,20?/m1/s1. The zero-order chi connectivity index (χ0) is 20.6. The van der Waals surface area contributed by atoms with Gasteiger partial charge in [-0.2, -0.15) is 0 Å². The van der Waals surface area contributed by atoms with Gasteiger partial charge in [0.2, 0.25) is 11.8 Å². The second kappa shape index (κ2) is 8.06. The number of β-amino-alcohol motifs (C(OH)–C–C–N with tert-alkyl or cyclic N) is 1. The first kappa shape index (κ1) is 21.2. The van der Waals surface area contributed by atoms with Crippen LogP contribution in [0, 0.1) is 11.8 Å². The largest absolute Gasteiger partial charge is 0.481 e. The van der Waals surface area contributed by atoms with Gasteiger partial charge in [-0.25, -0.2) is 0 Å². The molecule has 0 saturated carbocycles. The predicted octanol–water partition coefficient (Wildman–Crippen LogP) is 1.36. The molecule has 3 aliphatic rings. The minimum Gasteiger partial charge on any atom is -0.481 e. The number of aliphatic hydroxyl groups is 1. The zero-order valence-corrected chi connectivity index (χ0v) is 17.4. The summed E-state index contributed by atoms with van der Waals surface area (Å²) in [4.78, 5) is 42.1. The molecule has 28 heavy (non-hydrogen) atoms. The number of amides is 2. The van der Waals surface area contributed by atoms with E-state index >= 15 is 0 Å². The van der Waals surface area contributed by atoms with Gasteiger partial charge in [0, 0.05) is 24.4 Å². The van der Waals surface area contributed by atoms with Gasteiger partial charge in [-0.1, -0.05) is 19.4 Å². The lowest BCUT2D eigenvalue weighted by molar-refractivity contribution is -0.148. The Hall–Kier alpha value is -1.54. The van der Waals surface area contributed by atoms with Gasteiger partial charge >= 0.3 is 5.97 Å². The van der Waals surface area contributed by atoms with Crippen molar-refractivity contribution >= 4 is 29.5 Å². The molecule has 3 fully saturated rings. The maximum Gasteiger partial charge on any atom is 0.308 e. The molecule has 2 bridgehead atoms. The number of carboxylic acids is 1. The topological polar surface area (TPSA) is 98.2 Å². The number of nitrogens with zero attached hydrogens (tertiary/aromatic N) is 2. The Bertz CT molecular complexity index is 671. The summed E-state index contributed by atoms with van der Waals surface area (Å²) in [5.74, 6) is -2.86. The van der Waals surface area contributed by atoms with Crippen LogP contribution in [0.15, 0.2) is 12.7 Å². The predicted molar refractivity (Wildman–Crippen MR) is 107 cm³/mol. The lowest BCUT2D eigenvalue weighted by Crippen LogP contribution is -2.56. The molecule has 3 rings (SSSR count). The first-order chi connectivity index (χ1) is 13.3. The molecule has 156 valence electrons. The summed E-state index contributed by atoms with van der Waals surface area (Å²) >= 11 is 1.52. The molecule has 0 aliphatic carbocycles. The molecule has 2 amide bonds. The number of carbonyl (C=O) groups excluding carboxylic acids is 2. The summed E-state index contributed by atoms with van der Waals surface area (Å²) in [6, 6.07) is -0.730. The van der Waals surface area contributed by atoms with Crippen molar-refractivity contribution in [1.82, 2.24) is 9.80 Å². The molecule has 1 spiro atoms. The maximum absolute atomic E-state index is 13.7. The third-order valence-electron chi connectivity index (χ3n) is 6.51. The number of carboxylic acid groups (broad SMARTS) is 1. The first-order valence-electron chi connectivity index (χ1n) is 10.1. The second-order valence-corrected chi connectivity index (χ2v) is 9.67. The molecule has 3 saturated heterocycles. The Morgan fingerprint density at radius 3 is 2.79 bits per heavy atom. The molecular weight excluding hydrogens is 380 g/mol. The highest BCUT2D eigenvalue weighted by Gasteiger charge is 2.74. The van der Waals surface area contributed by atoms with Crippen molar-refractivity contribution in [3.05, 3.63) is 12.7 Å². The number of rotatable bonds is 9. The van der Waals surface area contributed by atoms with Crippen LogP contribution >= 0.6 is 11.8 Å². The third-order valence-corrected chi connectivity index (χ3v) is 8.46. The van der Waals surface area contributed by atoms with Crippen molar-refractivity contribution in [2.24, 2.45) is 11.8 Å². The van der Waals surface area contributed by atoms with E-state index in [-0.39, 0.29) is 36.3 Å². The fourth-order valence-electron chi connectivity index (χ4n) is 5.42. The normalized spacial score (nSPS) is 34.4. The van der Waals surface area contributed by atoms with Gasteiger partial charge in [-0.3, -0.25) is 14.4 Å². The molecule has 2 N–H and O–H groups in total. The van der Waals surface area contributed by atoms with Crippen LogP contribution in [0.3, 0.4) is 0 Å². The Labute approximate surface area is 170 Å². The first-order valence-corrected chi connectivity index (χ1v) is 10.9. The molecule has 0 aromatic heterocycles. The minimum atomic E-state index is -0.961. The Kier molecular flexibility index (Phi) is 6.10. The number of fused-ring (bicyclic) bond motifs is 1. The SMILES string of the molecule is C=CCN(C(=O)C1N(CCO)C(=O)[C@@H]2[C@@H](C(=O)O)[C@H]3CCC12S3)C(C)CCC. The Morgan fingerprint density at radius 2 is 2.21 bits per heavy atom. The van der Waals surface area contributed by atoms with Crippen LogP contribution in [0.2, 0.25) is 0 Å². The van der Waals surface area contributed by atoms with Crippen LogP contribution in [0.5, 0.6) is 0 Å². The number of hydrogen-bond acceptors (Lipinski definition) is 5. The average molecular weight is 411 g/mol. The molecule has 7 nitrogen and oxygen atoms in total. The van der Waals surface area contributed by atoms with Crippen LogP contribution in [0.25, 0.3) is 0 Å². The van der Waals surface area contributed by atoms with Crippen LogP contribution < -0.4 is 0 Å². The summed E-state index contributed by atoms with van der Waals surface area (Å²) in [6.07, 6.45) is 4.81. The Morgan fingerprint density at radius 1 is 1.50 bits per heavy atom. The number of likely N-dealkylation sites (tertiary alicyclic amines) is 1. The second-order valence-electron chi connectivity index (χ2n) is 8.07. The zero-order valence-electron chi connectivity index (χ0n) is 16.5. The molecule has 0 aromatic rings. The Balaban J connectivity index is 2.01. The number of hydrogen-bond donors (Lipinski definition) is 2. The number of aliphatic hydroxyl groups excluding tert-OH is 1. The van der Waals surface area contributed by atoms with Gasteiger partial charge in [0.25, 0.3) is 0 Å². The molecule has 8 heteroatoms. The molecule has 6 atom stereocenters. The lowest BCUT2D eigenvalue weighted by Gasteiger charge is -2.39. The van der Waals surface area contributed by atoms with E-state index in [2.05, 4.69) is 13.5 Å². The van der Waals surface area contributed by atoms with Crippen LogP contribution in [0.1, 0.15) is 39.5 Å². The summed E-state index contributed by atoms with van der Waals surface area (Å²) in [6.45, 7) is 8.01. The third kappa shape index (κ3) is 3.05. The van der Waals surface area contributed by atoms with Crippen molar-refractivity contribution < 1.29 is 24.6 Å². The van der Waals surface area contributed by atoms with E-state index in [1.807, 2.05) is 6.92 Å². The van der Waals surface area contributed by atoms with Gasteiger partial charge in [0.15, 0.2) is 0 Å². The smallest absolute Gasteiger partial charge is 0.308 e. The molecule has 0 radical (unpaired) electrons. The van der Waals surface area contributed by atoms with Crippen molar-refractivity contribution in [2.75, 3.05) is 19.7 Å². The molecule has 3 heterocycles. The van der Waals surface area contributed by atoms with Crippen molar-refractivity contribution in [3.8, 4) is 0 Å². The summed E-state index contributed by atoms with van der Waals surface area (Å²) in [7, 11) is 0. The van der Waals surface area contributed by atoms with Crippen LogP contribution in [-0.2, 0) is 14.4 Å². The van der Waals surface area contributed by atoms with Crippen molar-refractivity contribution in [2.45, 2.75) is 61.6 Å². The van der Waals surface area contributed by atoms with E-state index in [0.29, 0.717) is 19.4 Å². The fourth-order valence-corrected chi connectivity index (χ4v) is 7.63. The lowest BCUT2D eigenvalue weighted by atomic mass is 9.71. The van der Waals surface area contributed by atoms with E-state index in [4.69, 9.17) is 0 Å². The average Bonchev–Trinajstić information content (AvgIpc) is 3.28. The monoisotopic (exact) mass is 410 g/mol. The fraction of sp³-hybridized carbons (Fsp3) is 0.750. The van der Waals surface area contributed by atoms with Crippen LogP contribution in [0.4, 0.5) is 0 Å². The molecule has 3 unspecified atom stereocenters. The van der Waals surface area contributed by atoms with Crippen LogP contribution in [-0.4, -0.2) is 79.6 Å². The summed E-state index contributed by atoms with van der Waals surface area (Å²) in [5.41, 5.74) is 0. The highest BCUT2D eigenvalue weighted by Crippen LogP contribution is 2.66. The van der Waals surface area contributed by atoms with E-state index < -0.39 is 28.6 Å². The quantitative estimate of drug-likeness (QED) is 0.557. The highest BCUT2D eigenvalue weighted by molar-refractivity contribution is 8.02. The van der Waals surface area contributed by atoms with Gasteiger partial charge in [0.1, 0.15) is 6.04 Å². The van der Waals surface area contributed by atoms with E-state index in [1.165, 1.54) is 16.7 Å². The number of carbonyl (C=O) groups is 3. The van der Waals surface area contributed by atoms with Gasteiger partial charge in [-0.05, 0) is 26.2 Å². The van der Waals surface area contributed by atoms with Crippen molar-refractivity contribution in [3.63, 3.8) is 0 Å². The highest BCUT2D eigenvalue weighted by atomic mass is 32.2. The van der Waals surface area contributed by atoms with E-state index in [1.54, 1.807) is 11.0 Å². The minimum absolute atomic E-state index is 0.00379. The van der Waals surface area contributed by atoms with Gasteiger partial charge < -0.3 is 20.0 Å². The number of aliphatic carboxylic acids is 1. The van der Waals surface area contributed by atoms with Gasteiger partial charge in [0.05, 0.1) is 23.2 Å². The molecular formula is C20H30N2O5S. The molecule has 3 aliphatic heterocycles. The summed E-state index contributed by atoms with van der Waals surface area (Å²) < 4.78 is -0.706.